The van der Waals surface area contributed by atoms with Crippen molar-refractivity contribution < 1.29 is 23.8 Å². The normalized spacial score (nSPS) is 21.9. The predicted octanol–water partition coefficient (Wildman–Crippen LogP) is 1.48. The molecule has 1 aliphatic rings. The topological polar surface area (TPSA) is 61.8 Å². The summed E-state index contributed by atoms with van der Waals surface area (Å²) in [6, 6.07) is 5.06. The van der Waals surface area contributed by atoms with E-state index >= 15 is 0 Å². The minimum Gasteiger partial charge on any atom is -0.497 e. The lowest BCUT2D eigenvalue weighted by Gasteiger charge is -2.24. The Bertz CT molecular complexity index is 523. The Balaban J connectivity index is 2.65. The molecule has 0 amide bonds. The predicted molar refractivity (Wildman–Crippen MR) is 67.5 cm³/mol. The molecule has 0 spiro atoms. The number of hydrogen-bond donors (Lipinski definition) is 0. The van der Waals surface area contributed by atoms with E-state index in [0.717, 1.165) is 0 Å². The molecule has 0 saturated carbocycles. The van der Waals surface area contributed by atoms with Gasteiger partial charge in [-0.1, -0.05) is 0 Å². The zero-order chi connectivity index (χ0) is 14.0. The van der Waals surface area contributed by atoms with Crippen LogP contribution >= 0.6 is 0 Å². The van der Waals surface area contributed by atoms with Gasteiger partial charge in [0.2, 0.25) is 0 Å². The minimum atomic E-state index is -1.28. The van der Waals surface area contributed by atoms with Gasteiger partial charge in [-0.05, 0) is 25.1 Å². The summed E-state index contributed by atoms with van der Waals surface area (Å²) in [5.41, 5.74) is -0.774. The lowest BCUT2D eigenvalue weighted by molar-refractivity contribution is -0.146. The van der Waals surface area contributed by atoms with Gasteiger partial charge in [-0.3, -0.25) is 9.59 Å². The first-order valence-corrected chi connectivity index (χ1v) is 5.97. The lowest BCUT2D eigenvalue weighted by Crippen LogP contribution is -2.39. The average molecular weight is 264 g/mol. The Morgan fingerprint density at radius 3 is 2.53 bits per heavy atom. The second kappa shape index (κ2) is 4.91. The van der Waals surface area contributed by atoms with Crippen molar-refractivity contribution >= 4 is 11.8 Å². The first-order valence-electron chi connectivity index (χ1n) is 5.97. The molecule has 2 rings (SSSR count). The smallest absolute Gasteiger partial charge is 0.324 e. The fourth-order valence-electron chi connectivity index (χ4n) is 2.42. The summed E-state index contributed by atoms with van der Waals surface area (Å²) < 4.78 is 15.4. The third-order valence-electron chi connectivity index (χ3n) is 3.53. The molecule has 0 N–H and O–H groups in total. The van der Waals surface area contributed by atoms with Crippen molar-refractivity contribution in [2.75, 3.05) is 20.8 Å². The Hall–Kier alpha value is -2.04. The maximum atomic E-state index is 12.1. The summed E-state index contributed by atoms with van der Waals surface area (Å²) in [5, 5.41) is 0. The number of ketones is 1. The Morgan fingerprint density at radius 2 is 2.05 bits per heavy atom. The summed E-state index contributed by atoms with van der Waals surface area (Å²) >= 11 is 0. The molecule has 1 atom stereocenters. The molecule has 19 heavy (non-hydrogen) atoms. The van der Waals surface area contributed by atoms with Crippen LogP contribution in [0, 0.1) is 0 Å². The van der Waals surface area contributed by atoms with Crippen molar-refractivity contribution in [2.24, 2.45) is 0 Å². The Morgan fingerprint density at radius 1 is 1.32 bits per heavy atom. The van der Waals surface area contributed by atoms with Crippen LogP contribution in [0.25, 0.3) is 0 Å². The van der Waals surface area contributed by atoms with Crippen molar-refractivity contribution in [3.05, 3.63) is 23.8 Å². The molecule has 0 aliphatic carbocycles. The minimum absolute atomic E-state index is 0.235. The SMILES string of the molecule is COc1ccc(OC)c(C2(C(C)=O)CCOC2=O)c1. The molecule has 5 nitrogen and oxygen atoms in total. The van der Waals surface area contributed by atoms with Crippen LogP contribution in [0.15, 0.2) is 18.2 Å². The number of benzene rings is 1. The van der Waals surface area contributed by atoms with Crippen LogP contribution in [0.3, 0.4) is 0 Å². The van der Waals surface area contributed by atoms with Crippen LogP contribution in [0.4, 0.5) is 0 Å². The zero-order valence-corrected chi connectivity index (χ0v) is 11.2. The molecule has 1 saturated heterocycles. The third-order valence-corrected chi connectivity index (χ3v) is 3.53. The summed E-state index contributed by atoms with van der Waals surface area (Å²) in [6.45, 7) is 1.63. The van der Waals surface area contributed by atoms with Crippen molar-refractivity contribution in [1.82, 2.24) is 0 Å². The summed E-state index contributed by atoms with van der Waals surface area (Å²) in [7, 11) is 3.03. The number of cyclic esters (lactones) is 1. The van der Waals surface area contributed by atoms with E-state index in [-0.39, 0.29) is 12.4 Å². The van der Waals surface area contributed by atoms with Crippen molar-refractivity contribution in [1.29, 1.82) is 0 Å². The average Bonchev–Trinajstić information content (AvgIpc) is 2.80. The summed E-state index contributed by atoms with van der Waals surface area (Å²) in [5.74, 6) is 0.277. The van der Waals surface area contributed by atoms with Crippen LogP contribution in [0.1, 0.15) is 18.9 Å². The number of esters is 1. The highest BCUT2D eigenvalue weighted by atomic mass is 16.5. The van der Waals surface area contributed by atoms with Gasteiger partial charge in [0.15, 0.2) is 11.2 Å². The first-order chi connectivity index (χ1) is 9.06. The van der Waals surface area contributed by atoms with Crippen LogP contribution in [0.2, 0.25) is 0 Å². The number of carbonyl (C=O) groups is 2. The number of Topliss-reactive ketones (excluding diaryl/α,β-unsaturated/α-hetero) is 1. The molecule has 5 heteroatoms. The molecule has 0 aromatic heterocycles. The van der Waals surface area contributed by atoms with E-state index in [1.807, 2.05) is 0 Å². The zero-order valence-electron chi connectivity index (χ0n) is 11.2. The number of methoxy groups -OCH3 is 2. The highest BCUT2D eigenvalue weighted by Gasteiger charge is 2.52. The van der Waals surface area contributed by atoms with Gasteiger partial charge in [-0.15, -0.1) is 0 Å². The second-order valence-electron chi connectivity index (χ2n) is 4.41. The maximum Gasteiger partial charge on any atom is 0.324 e. The fraction of sp³-hybridized carbons (Fsp3) is 0.429. The summed E-state index contributed by atoms with van der Waals surface area (Å²) in [6.07, 6.45) is 0.324. The molecule has 102 valence electrons. The van der Waals surface area contributed by atoms with Crippen molar-refractivity contribution in [3.63, 3.8) is 0 Å². The van der Waals surface area contributed by atoms with E-state index in [9.17, 15) is 9.59 Å². The van der Waals surface area contributed by atoms with Gasteiger partial charge in [-0.2, -0.15) is 0 Å². The first kappa shape index (κ1) is 13.4. The second-order valence-corrected chi connectivity index (χ2v) is 4.41. The molecule has 0 radical (unpaired) electrons. The van der Waals surface area contributed by atoms with Gasteiger partial charge in [0.05, 0.1) is 20.8 Å². The third kappa shape index (κ3) is 1.95. The van der Waals surface area contributed by atoms with Crippen LogP contribution in [-0.2, 0) is 19.7 Å². The van der Waals surface area contributed by atoms with Gasteiger partial charge in [0.1, 0.15) is 11.5 Å². The lowest BCUT2D eigenvalue weighted by atomic mass is 9.75. The molecule has 1 aliphatic heterocycles. The van der Waals surface area contributed by atoms with Gasteiger partial charge in [0.25, 0.3) is 0 Å². The number of carbonyl (C=O) groups excluding carboxylic acids is 2. The van der Waals surface area contributed by atoms with Crippen LogP contribution in [0.5, 0.6) is 11.5 Å². The van der Waals surface area contributed by atoms with E-state index in [1.54, 1.807) is 18.2 Å². The quantitative estimate of drug-likeness (QED) is 0.609. The molecular formula is C14H16O5. The van der Waals surface area contributed by atoms with E-state index in [4.69, 9.17) is 14.2 Å². The van der Waals surface area contributed by atoms with Gasteiger partial charge in [0, 0.05) is 12.0 Å². The molecule has 1 unspecified atom stereocenters. The van der Waals surface area contributed by atoms with Crippen LogP contribution in [-0.4, -0.2) is 32.6 Å². The monoisotopic (exact) mass is 264 g/mol. The van der Waals surface area contributed by atoms with E-state index in [2.05, 4.69) is 0 Å². The van der Waals surface area contributed by atoms with Gasteiger partial charge in [-0.25, -0.2) is 0 Å². The molecular weight excluding hydrogens is 248 g/mol. The standard InChI is InChI=1S/C14H16O5/c1-9(15)14(6-7-19-13(14)16)11-8-10(17-2)4-5-12(11)18-3/h4-5,8H,6-7H2,1-3H3. The van der Waals surface area contributed by atoms with E-state index in [1.165, 1.54) is 21.1 Å². The Labute approximate surface area is 111 Å². The number of rotatable bonds is 4. The molecule has 1 fully saturated rings. The Kier molecular flexibility index (Phi) is 3.46. The van der Waals surface area contributed by atoms with E-state index in [0.29, 0.717) is 23.5 Å². The molecule has 1 aromatic carbocycles. The van der Waals surface area contributed by atoms with Gasteiger partial charge < -0.3 is 14.2 Å². The highest BCUT2D eigenvalue weighted by molar-refractivity contribution is 6.10. The fourth-order valence-corrected chi connectivity index (χ4v) is 2.42. The van der Waals surface area contributed by atoms with E-state index < -0.39 is 11.4 Å². The molecule has 1 heterocycles. The van der Waals surface area contributed by atoms with Gasteiger partial charge >= 0.3 is 5.97 Å². The largest absolute Gasteiger partial charge is 0.497 e. The number of hydrogen-bond acceptors (Lipinski definition) is 5. The number of ether oxygens (including phenoxy) is 3. The molecule has 1 aromatic rings. The summed E-state index contributed by atoms with van der Waals surface area (Å²) in [4.78, 5) is 24.1. The van der Waals surface area contributed by atoms with Crippen molar-refractivity contribution in [3.8, 4) is 11.5 Å². The highest BCUT2D eigenvalue weighted by Crippen LogP contribution is 2.41. The van der Waals surface area contributed by atoms with Crippen molar-refractivity contribution in [2.45, 2.75) is 18.8 Å². The van der Waals surface area contributed by atoms with Crippen LogP contribution < -0.4 is 9.47 Å². The molecule has 0 bridgehead atoms. The maximum absolute atomic E-state index is 12.1.